The largest absolute Gasteiger partial charge is 0.351 e. The van der Waals surface area contributed by atoms with Gasteiger partial charge in [-0.25, -0.2) is 8.42 Å². The van der Waals surface area contributed by atoms with Crippen molar-refractivity contribution in [3.8, 4) is 0 Å². The van der Waals surface area contributed by atoms with Crippen LogP contribution in [0.5, 0.6) is 0 Å². The summed E-state index contributed by atoms with van der Waals surface area (Å²) >= 11 is 0. The third-order valence-corrected chi connectivity index (χ3v) is 6.66. The van der Waals surface area contributed by atoms with Gasteiger partial charge in [-0.3, -0.25) is 9.59 Å². The van der Waals surface area contributed by atoms with Crippen LogP contribution >= 0.6 is 0 Å². The Hall–Kier alpha value is -1.89. The van der Waals surface area contributed by atoms with Gasteiger partial charge >= 0.3 is 0 Å². The first-order valence-electron chi connectivity index (χ1n) is 8.17. The molecule has 0 aromatic heterocycles. The van der Waals surface area contributed by atoms with E-state index in [4.69, 9.17) is 0 Å². The highest BCUT2D eigenvalue weighted by atomic mass is 32.2. The average Bonchev–Trinajstić information content (AvgIpc) is 3.27. The van der Waals surface area contributed by atoms with Crippen molar-refractivity contribution in [2.45, 2.75) is 38.8 Å². The summed E-state index contributed by atoms with van der Waals surface area (Å²) in [7, 11) is -3.05. The highest BCUT2D eigenvalue weighted by molar-refractivity contribution is 7.91. The molecule has 1 atom stereocenters. The Bertz CT molecular complexity index is 769. The van der Waals surface area contributed by atoms with Gasteiger partial charge in [0.25, 0.3) is 0 Å². The Morgan fingerprint density at radius 1 is 1.21 bits per heavy atom. The lowest BCUT2D eigenvalue weighted by atomic mass is 10.0. The minimum atomic E-state index is -3.05. The molecule has 1 saturated carbocycles. The van der Waals surface area contributed by atoms with Crippen LogP contribution in [-0.4, -0.2) is 37.8 Å². The molecule has 24 heavy (non-hydrogen) atoms. The number of benzene rings is 1. The SMILES string of the molecule is Cc1ccccc1CNC(=O)C1(C(=O)NC2CCS(=O)(=O)C2)CC1. The van der Waals surface area contributed by atoms with E-state index in [-0.39, 0.29) is 29.4 Å². The van der Waals surface area contributed by atoms with Crippen LogP contribution < -0.4 is 10.6 Å². The second-order valence-corrected chi connectivity index (χ2v) is 8.99. The average molecular weight is 350 g/mol. The number of amides is 2. The smallest absolute Gasteiger partial charge is 0.235 e. The van der Waals surface area contributed by atoms with Gasteiger partial charge in [-0.2, -0.15) is 0 Å². The zero-order valence-corrected chi connectivity index (χ0v) is 14.5. The lowest BCUT2D eigenvalue weighted by Gasteiger charge is -2.18. The maximum atomic E-state index is 12.5. The van der Waals surface area contributed by atoms with E-state index in [0.29, 0.717) is 25.8 Å². The quantitative estimate of drug-likeness (QED) is 0.765. The van der Waals surface area contributed by atoms with Crippen LogP contribution in [0.4, 0.5) is 0 Å². The van der Waals surface area contributed by atoms with E-state index in [0.717, 1.165) is 11.1 Å². The molecule has 7 heteroatoms. The standard InChI is InChI=1S/C17H22N2O4S/c1-12-4-2-3-5-13(12)10-18-15(20)17(7-8-17)16(21)19-14-6-9-24(22,23)11-14/h2-5,14H,6-11H2,1H3,(H,18,20)(H,19,21). The zero-order valence-electron chi connectivity index (χ0n) is 13.7. The Morgan fingerprint density at radius 3 is 2.50 bits per heavy atom. The number of carbonyl (C=O) groups is 2. The highest BCUT2D eigenvalue weighted by Crippen LogP contribution is 2.46. The molecule has 2 aliphatic rings. The Kier molecular flexibility index (Phi) is 4.38. The summed E-state index contributed by atoms with van der Waals surface area (Å²) in [6, 6.07) is 7.39. The maximum absolute atomic E-state index is 12.5. The summed E-state index contributed by atoms with van der Waals surface area (Å²) < 4.78 is 23.0. The molecule has 2 fully saturated rings. The van der Waals surface area contributed by atoms with E-state index in [9.17, 15) is 18.0 Å². The minimum Gasteiger partial charge on any atom is -0.351 e. The van der Waals surface area contributed by atoms with Crippen LogP contribution in [0.2, 0.25) is 0 Å². The van der Waals surface area contributed by atoms with Crippen molar-refractivity contribution in [2.75, 3.05) is 11.5 Å². The van der Waals surface area contributed by atoms with E-state index in [1.807, 2.05) is 31.2 Å². The molecule has 0 spiro atoms. The molecule has 0 bridgehead atoms. The van der Waals surface area contributed by atoms with Gasteiger partial charge in [0.15, 0.2) is 9.84 Å². The van der Waals surface area contributed by atoms with Crippen molar-refractivity contribution in [3.05, 3.63) is 35.4 Å². The molecule has 1 saturated heterocycles. The second-order valence-electron chi connectivity index (χ2n) is 6.76. The Labute approximate surface area is 141 Å². The van der Waals surface area contributed by atoms with Gasteiger partial charge in [0.05, 0.1) is 11.5 Å². The topological polar surface area (TPSA) is 92.3 Å². The first-order valence-corrected chi connectivity index (χ1v) is 9.99. The number of nitrogens with one attached hydrogen (secondary N) is 2. The molecule has 1 aromatic rings. The summed E-state index contributed by atoms with van der Waals surface area (Å²) in [5.74, 6) is -0.541. The highest BCUT2D eigenvalue weighted by Gasteiger charge is 2.56. The Balaban J connectivity index is 1.58. The molecule has 3 rings (SSSR count). The van der Waals surface area contributed by atoms with Gasteiger partial charge < -0.3 is 10.6 Å². The zero-order chi connectivity index (χ0) is 17.4. The monoisotopic (exact) mass is 350 g/mol. The molecule has 0 radical (unpaired) electrons. The maximum Gasteiger partial charge on any atom is 0.235 e. The van der Waals surface area contributed by atoms with Crippen LogP contribution in [0, 0.1) is 12.3 Å². The molecule has 1 aliphatic carbocycles. The molecule has 1 unspecified atom stereocenters. The number of aryl methyl sites for hydroxylation is 1. The van der Waals surface area contributed by atoms with Crippen LogP contribution in [0.25, 0.3) is 0 Å². The second kappa shape index (κ2) is 6.20. The van der Waals surface area contributed by atoms with Crippen molar-refractivity contribution in [3.63, 3.8) is 0 Å². The van der Waals surface area contributed by atoms with E-state index < -0.39 is 15.3 Å². The van der Waals surface area contributed by atoms with Crippen molar-refractivity contribution < 1.29 is 18.0 Å². The molecule has 6 nitrogen and oxygen atoms in total. The fourth-order valence-electron chi connectivity index (χ4n) is 3.07. The number of hydrogen-bond donors (Lipinski definition) is 2. The fraction of sp³-hybridized carbons (Fsp3) is 0.529. The fourth-order valence-corrected chi connectivity index (χ4v) is 4.74. The van der Waals surface area contributed by atoms with E-state index >= 15 is 0 Å². The summed E-state index contributed by atoms with van der Waals surface area (Å²) in [4.78, 5) is 24.9. The van der Waals surface area contributed by atoms with Gasteiger partial charge in [-0.1, -0.05) is 24.3 Å². The molecule has 2 amide bonds. The van der Waals surface area contributed by atoms with E-state index in [1.54, 1.807) is 0 Å². The first kappa shape index (κ1) is 17.0. The molecule has 130 valence electrons. The van der Waals surface area contributed by atoms with Crippen LogP contribution in [-0.2, 0) is 26.0 Å². The predicted molar refractivity (Wildman–Crippen MR) is 89.9 cm³/mol. The van der Waals surface area contributed by atoms with Gasteiger partial charge in [0.1, 0.15) is 5.41 Å². The van der Waals surface area contributed by atoms with Crippen LogP contribution in [0.3, 0.4) is 0 Å². The molecule has 1 aliphatic heterocycles. The van der Waals surface area contributed by atoms with Gasteiger partial charge in [-0.05, 0) is 37.3 Å². The third-order valence-electron chi connectivity index (χ3n) is 4.89. The molecular weight excluding hydrogens is 328 g/mol. The third kappa shape index (κ3) is 3.45. The van der Waals surface area contributed by atoms with Crippen molar-refractivity contribution in [1.82, 2.24) is 10.6 Å². The minimum absolute atomic E-state index is 0.0281. The predicted octanol–water partition coefficient (Wildman–Crippen LogP) is 0.695. The summed E-state index contributed by atoms with van der Waals surface area (Å²) in [6.45, 7) is 2.36. The van der Waals surface area contributed by atoms with Crippen molar-refractivity contribution in [2.24, 2.45) is 5.41 Å². The van der Waals surface area contributed by atoms with Crippen molar-refractivity contribution >= 4 is 21.7 Å². The van der Waals surface area contributed by atoms with Crippen molar-refractivity contribution in [1.29, 1.82) is 0 Å². The number of sulfone groups is 1. The molecule has 1 heterocycles. The molecular formula is C17H22N2O4S. The van der Waals surface area contributed by atoms with Gasteiger partial charge in [0, 0.05) is 12.6 Å². The molecule has 1 aromatic carbocycles. The summed E-state index contributed by atoms with van der Waals surface area (Å²) in [5, 5.41) is 5.60. The molecule has 2 N–H and O–H groups in total. The van der Waals surface area contributed by atoms with E-state index in [2.05, 4.69) is 10.6 Å². The van der Waals surface area contributed by atoms with Crippen LogP contribution in [0.15, 0.2) is 24.3 Å². The van der Waals surface area contributed by atoms with Crippen LogP contribution in [0.1, 0.15) is 30.4 Å². The van der Waals surface area contributed by atoms with E-state index in [1.165, 1.54) is 0 Å². The first-order chi connectivity index (χ1) is 11.3. The normalized spacial score (nSPS) is 23.5. The van der Waals surface area contributed by atoms with Gasteiger partial charge in [0.2, 0.25) is 11.8 Å². The van der Waals surface area contributed by atoms with Gasteiger partial charge in [-0.15, -0.1) is 0 Å². The number of rotatable bonds is 5. The summed E-state index contributed by atoms with van der Waals surface area (Å²) in [5.41, 5.74) is 1.09. The number of hydrogen-bond acceptors (Lipinski definition) is 4. The number of carbonyl (C=O) groups excluding carboxylic acids is 2. The lowest BCUT2D eigenvalue weighted by Crippen LogP contribution is -2.46. The Morgan fingerprint density at radius 2 is 1.92 bits per heavy atom. The summed E-state index contributed by atoms with van der Waals surface area (Å²) in [6.07, 6.45) is 1.45. The lowest BCUT2D eigenvalue weighted by molar-refractivity contribution is -0.137.